The third-order valence-corrected chi connectivity index (χ3v) is 3.29. The minimum atomic E-state index is -0.185. The summed E-state index contributed by atoms with van der Waals surface area (Å²) in [6.07, 6.45) is 3.13. The molecule has 0 aromatic heterocycles. The largest absolute Gasteiger partial charge is 0.353 e. The van der Waals surface area contributed by atoms with Gasteiger partial charge in [-0.15, -0.1) is 0 Å². The summed E-state index contributed by atoms with van der Waals surface area (Å²) < 4.78 is 0. The van der Waals surface area contributed by atoms with E-state index in [0.29, 0.717) is 6.42 Å². The Morgan fingerprint density at radius 1 is 1.32 bits per heavy atom. The van der Waals surface area contributed by atoms with E-state index in [9.17, 15) is 4.79 Å². The lowest BCUT2D eigenvalue weighted by molar-refractivity contribution is -0.121. The van der Waals surface area contributed by atoms with Crippen LogP contribution in [0, 0.1) is 0 Å². The molecule has 1 amide bonds. The Morgan fingerprint density at radius 2 is 2.00 bits per heavy atom. The SMILES string of the molecule is C[C@@H](Cc1ccccc1)NC(=O)CCCC1(C)N=N1. The molecule has 1 aliphatic heterocycles. The zero-order valence-electron chi connectivity index (χ0n) is 11.6. The summed E-state index contributed by atoms with van der Waals surface area (Å²) in [6.45, 7) is 4.03. The highest BCUT2D eigenvalue weighted by molar-refractivity contribution is 5.76. The molecule has 1 aromatic rings. The first-order valence-corrected chi connectivity index (χ1v) is 6.85. The van der Waals surface area contributed by atoms with E-state index < -0.39 is 0 Å². The number of benzene rings is 1. The number of carbonyl (C=O) groups excluding carboxylic acids is 1. The van der Waals surface area contributed by atoms with Gasteiger partial charge in [-0.1, -0.05) is 30.3 Å². The van der Waals surface area contributed by atoms with Crippen molar-refractivity contribution >= 4 is 5.91 Å². The van der Waals surface area contributed by atoms with Crippen LogP contribution in [0.3, 0.4) is 0 Å². The third kappa shape index (κ3) is 4.81. The molecule has 4 nitrogen and oxygen atoms in total. The van der Waals surface area contributed by atoms with Crippen LogP contribution in [-0.2, 0) is 11.2 Å². The number of carbonyl (C=O) groups is 1. The normalized spacial score (nSPS) is 16.9. The van der Waals surface area contributed by atoms with Gasteiger partial charge in [-0.2, -0.15) is 10.2 Å². The van der Waals surface area contributed by atoms with Gasteiger partial charge in [-0.3, -0.25) is 4.79 Å². The predicted molar refractivity (Wildman–Crippen MR) is 74.9 cm³/mol. The molecule has 1 atom stereocenters. The van der Waals surface area contributed by atoms with Crippen molar-refractivity contribution in [3.05, 3.63) is 35.9 Å². The van der Waals surface area contributed by atoms with Crippen LogP contribution >= 0.6 is 0 Å². The third-order valence-electron chi connectivity index (χ3n) is 3.29. The molecular formula is C15H21N3O. The average Bonchev–Trinajstić information content (AvgIpc) is 3.08. The topological polar surface area (TPSA) is 53.8 Å². The molecular weight excluding hydrogens is 238 g/mol. The maximum Gasteiger partial charge on any atom is 0.220 e. The van der Waals surface area contributed by atoms with Gasteiger partial charge in [0.15, 0.2) is 5.66 Å². The van der Waals surface area contributed by atoms with Gasteiger partial charge in [0.2, 0.25) is 5.91 Å². The van der Waals surface area contributed by atoms with Crippen LogP contribution < -0.4 is 5.32 Å². The fourth-order valence-electron chi connectivity index (χ4n) is 2.13. The Hall–Kier alpha value is -1.71. The van der Waals surface area contributed by atoms with Crippen LogP contribution in [0.4, 0.5) is 0 Å². The molecule has 0 bridgehead atoms. The summed E-state index contributed by atoms with van der Waals surface area (Å²) >= 11 is 0. The number of hydrogen-bond acceptors (Lipinski definition) is 3. The minimum absolute atomic E-state index is 0.118. The Balaban J connectivity index is 1.64. The molecule has 0 saturated heterocycles. The van der Waals surface area contributed by atoms with E-state index in [4.69, 9.17) is 0 Å². The van der Waals surface area contributed by atoms with E-state index in [0.717, 1.165) is 19.3 Å². The van der Waals surface area contributed by atoms with Gasteiger partial charge >= 0.3 is 0 Å². The summed E-state index contributed by atoms with van der Waals surface area (Å²) in [5, 5.41) is 10.9. The quantitative estimate of drug-likeness (QED) is 0.803. The number of hydrogen-bond donors (Lipinski definition) is 1. The summed E-state index contributed by atoms with van der Waals surface area (Å²) in [5.74, 6) is 0.118. The maximum absolute atomic E-state index is 11.8. The molecule has 1 N–H and O–H groups in total. The van der Waals surface area contributed by atoms with Crippen LogP contribution in [0.15, 0.2) is 40.6 Å². The number of nitrogens with zero attached hydrogens (tertiary/aromatic N) is 2. The highest BCUT2D eigenvalue weighted by Crippen LogP contribution is 2.32. The van der Waals surface area contributed by atoms with Crippen molar-refractivity contribution < 1.29 is 4.79 Å². The van der Waals surface area contributed by atoms with Gasteiger partial charge < -0.3 is 5.32 Å². The van der Waals surface area contributed by atoms with Crippen LogP contribution in [0.1, 0.15) is 38.7 Å². The fraction of sp³-hybridized carbons (Fsp3) is 0.533. The van der Waals surface area contributed by atoms with Crippen molar-refractivity contribution in [2.24, 2.45) is 10.2 Å². The first-order chi connectivity index (χ1) is 9.07. The zero-order chi connectivity index (χ0) is 13.7. The molecule has 0 radical (unpaired) electrons. The van der Waals surface area contributed by atoms with E-state index >= 15 is 0 Å². The lowest BCUT2D eigenvalue weighted by Crippen LogP contribution is -2.34. The standard InChI is InChI=1S/C15H21N3O/c1-12(11-13-7-4-3-5-8-13)16-14(19)9-6-10-15(2)17-18-15/h3-5,7-8,12H,6,9-11H2,1-2H3,(H,16,19)/t12-/m0/s1. The summed E-state index contributed by atoms with van der Waals surface area (Å²) in [4.78, 5) is 11.8. The second kappa shape index (κ2) is 5.95. The molecule has 1 aromatic carbocycles. The number of nitrogens with one attached hydrogen (secondary N) is 1. The van der Waals surface area contributed by atoms with Gasteiger partial charge in [0.05, 0.1) is 0 Å². The Bertz CT molecular complexity index is 450. The summed E-state index contributed by atoms with van der Waals surface area (Å²) in [7, 11) is 0. The van der Waals surface area contributed by atoms with Gasteiger partial charge in [-0.25, -0.2) is 0 Å². The first-order valence-electron chi connectivity index (χ1n) is 6.85. The molecule has 4 heteroatoms. The predicted octanol–water partition coefficient (Wildman–Crippen LogP) is 3.09. The lowest BCUT2D eigenvalue weighted by Gasteiger charge is -2.14. The molecule has 0 unspecified atom stereocenters. The Morgan fingerprint density at radius 3 is 2.63 bits per heavy atom. The van der Waals surface area contributed by atoms with Crippen LogP contribution in [-0.4, -0.2) is 17.6 Å². The first kappa shape index (κ1) is 13.7. The minimum Gasteiger partial charge on any atom is -0.353 e. The molecule has 1 aliphatic rings. The Kier molecular flexibility index (Phi) is 4.30. The van der Waals surface area contributed by atoms with Crippen LogP contribution in [0.25, 0.3) is 0 Å². The van der Waals surface area contributed by atoms with E-state index in [1.54, 1.807) is 0 Å². The highest BCUT2D eigenvalue weighted by atomic mass is 16.1. The molecule has 0 saturated carbocycles. The average molecular weight is 259 g/mol. The second-order valence-corrected chi connectivity index (χ2v) is 5.43. The molecule has 19 heavy (non-hydrogen) atoms. The van der Waals surface area contributed by atoms with Crippen molar-refractivity contribution in [1.82, 2.24) is 5.32 Å². The van der Waals surface area contributed by atoms with E-state index in [1.807, 2.05) is 32.0 Å². The van der Waals surface area contributed by atoms with Crippen molar-refractivity contribution in [2.45, 2.75) is 51.2 Å². The highest BCUT2D eigenvalue weighted by Gasteiger charge is 2.32. The molecule has 0 fully saturated rings. The molecule has 0 aliphatic carbocycles. The second-order valence-electron chi connectivity index (χ2n) is 5.43. The van der Waals surface area contributed by atoms with E-state index in [-0.39, 0.29) is 17.6 Å². The van der Waals surface area contributed by atoms with E-state index in [2.05, 4.69) is 27.7 Å². The van der Waals surface area contributed by atoms with Gasteiger partial charge in [0.1, 0.15) is 0 Å². The lowest BCUT2D eigenvalue weighted by atomic mass is 10.1. The van der Waals surface area contributed by atoms with Crippen LogP contribution in [0.5, 0.6) is 0 Å². The van der Waals surface area contributed by atoms with Gasteiger partial charge in [-0.05, 0) is 38.7 Å². The van der Waals surface area contributed by atoms with Gasteiger partial charge in [0, 0.05) is 12.5 Å². The fourth-order valence-corrected chi connectivity index (χ4v) is 2.13. The van der Waals surface area contributed by atoms with Crippen molar-refractivity contribution in [3.8, 4) is 0 Å². The molecule has 102 valence electrons. The van der Waals surface area contributed by atoms with Crippen molar-refractivity contribution in [3.63, 3.8) is 0 Å². The zero-order valence-corrected chi connectivity index (χ0v) is 11.6. The molecule has 1 heterocycles. The summed E-state index contributed by atoms with van der Waals surface area (Å²) in [5.41, 5.74) is 1.06. The van der Waals surface area contributed by atoms with Crippen molar-refractivity contribution in [1.29, 1.82) is 0 Å². The smallest absolute Gasteiger partial charge is 0.220 e. The molecule has 2 rings (SSSR count). The summed E-state index contributed by atoms with van der Waals surface area (Å²) in [6, 6.07) is 10.4. The van der Waals surface area contributed by atoms with Gasteiger partial charge in [0.25, 0.3) is 0 Å². The van der Waals surface area contributed by atoms with Crippen molar-refractivity contribution in [2.75, 3.05) is 0 Å². The number of rotatable bonds is 7. The van der Waals surface area contributed by atoms with Crippen LogP contribution in [0.2, 0.25) is 0 Å². The monoisotopic (exact) mass is 259 g/mol. The Labute approximate surface area is 114 Å². The van der Waals surface area contributed by atoms with E-state index in [1.165, 1.54) is 5.56 Å². The number of amides is 1. The maximum atomic E-state index is 11.8. The molecule has 0 spiro atoms.